The van der Waals surface area contributed by atoms with Gasteiger partial charge in [-0.3, -0.25) is 9.59 Å². The number of hydrogen-bond donors (Lipinski definition) is 4. The maximum absolute atomic E-state index is 13.9. The van der Waals surface area contributed by atoms with Gasteiger partial charge in [-0.05, 0) is 76.1 Å². The van der Waals surface area contributed by atoms with E-state index in [0.717, 1.165) is 0 Å². The Labute approximate surface area is 223 Å². The summed E-state index contributed by atoms with van der Waals surface area (Å²) in [5, 5.41) is 15.3. The lowest BCUT2D eigenvalue weighted by molar-refractivity contribution is -0.142. The van der Waals surface area contributed by atoms with Crippen LogP contribution in [0.5, 0.6) is 11.5 Å². The summed E-state index contributed by atoms with van der Waals surface area (Å²) in [6, 6.07) is 10.4. The number of carbonyl (C=O) groups is 3. The molecule has 3 unspecified atom stereocenters. The Morgan fingerprint density at radius 2 is 1.65 bits per heavy atom. The fraction of sp³-hybridized carbons (Fsp3) is 0.444. The number of methoxy groups -OCH3 is 1. The molecule has 2 aromatic carbocycles. The van der Waals surface area contributed by atoms with Crippen LogP contribution in [0.1, 0.15) is 52.6 Å². The van der Waals surface area contributed by atoms with E-state index in [1.165, 1.54) is 17.0 Å². The van der Waals surface area contributed by atoms with E-state index < -0.39 is 35.6 Å². The summed E-state index contributed by atoms with van der Waals surface area (Å²) in [5.74, 6) is -0.292. The zero-order valence-electron chi connectivity index (χ0n) is 22.1. The number of hydrogen-bond acceptors (Lipinski definition) is 7. The molecule has 0 aliphatic heterocycles. The lowest BCUT2D eigenvalue weighted by atomic mass is 10.00. The minimum atomic E-state index is -1.06. The van der Waals surface area contributed by atoms with Gasteiger partial charge >= 0.3 is 6.09 Å². The third kappa shape index (κ3) is 8.59. The molecule has 2 aromatic rings. The fourth-order valence-electron chi connectivity index (χ4n) is 3.59. The van der Waals surface area contributed by atoms with E-state index in [9.17, 15) is 19.5 Å². The van der Waals surface area contributed by atoms with Crippen molar-refractivity contribution in [1.82, 2.24) is 10.2 Å². The Hall–Kier alpha value is -3.40. The number of rotatable bonds is 10. The monoisotopic (exact) mass is 531 g/mol. The zero-order chi connectivity index (χ0) is 27.8. The number of phenols is 1. The topological polar surface area (TPSA) is 117 Å². The Balaban J connectivity index is 2.47. The van der Waals surface area contributed by atoms with Crippen LogP contribution < -0.4 is 15.4 Å². The smallest absolute Gasteiger partial charge is 0.408 e. The average Bonchev–Trinajstić information content (AvgIpc) is 2.85. The van der Waals surface area contributed by atoms with Crippen molar-refractivity contribution in [3.8, 4) is 11.5 Å². The molecule has 202 valence electrons. The quantitative estimate of drug-likeness (QED) is 0.335. The van der Waals surface area contributed by atoms with Gasteiger partial charge < -0.3 is 30.1 Å². The summed E-state index contributed by atoms with van der Waals surface area (Å²) < 4.78 is 10.5. The van der Waals surface area contributed by atoms with Crippen molar-refractivity contribution in [2.45, 2.75) is 64.8 Å². The van der Waals surface area contributed by atoms with Crippen LogP contribution >= 0.6 is 12.6 Å². The first-order chi connectivity index (χ1) is 17.4. The molecule has 0 bridgehead atoms. The normalized spacial score (nSPS) is 13.6. The van der Waals surface area contributed by atoms with Gasteiger partial charge in [-0.25, -0.2) is 4.79 Å². The Morgan fingerprint density at radius 3 is 2.14 bits per heavy atom. The van der Waals surface area contributed by atoms with Crippen LogP contribution in [0.2, 0.25) is 0 Å². The standard InChI is InChI=1S/C27H37N3O6S/c1-7-17(2)30(25(33)22(16-37)29-26(34)36-27(3,4)5)23(18-8-12-20(31)13-9-18)24(32)28-19-10-14-21(35-6)15-11-19/h8-15,17,22-23,31,37H,7,16H2,1-6H3,(H,28,32)(H,29,34). The molecule has 10 heteroatoms. The summed E-state index contributed by atoms with van der Waals surface area (Å²) >= 11 is 4.29. The van der Waals surface area contributed by atoms with E-state index in [0.29, 0.717) is 23.4 Å². The van der Waals surface area contributed by atoms with Gasteiger partial charge in [0.15, 0.2) is 0 Å². The van der Waals surface area contributed by atoms with Gasteiger partial charge in [0.05, 0.1) is 7.11 Å². The Kier molecular flexibility index (Phi) is 10.7. The Bertz CT molecular complexity index is 1050. The molecule has 0 radical (unpaired) electrons. The molecule has 0 aliphatic rings. The second-order valence-electron chi connectivity index (χ2n) is 9.60. The second kappa shape index (κ2) is 13.2. The molecule has 0 saturated carbocycles. The van der Waals surface area contributed by atoms with Crippen LogP contribution in [-0.4, -0.2) is 58.5 Å². The number of amides is 3. The van der Waals surface area contributed by atoms with Gasteiger partial charge in [0.25, 0.3) is 5.91 Å². The number of alkyl carbamates (subject to hydrolysis) is 1. The molecule has 3 atom stereocenters. The molecule has 0 saturated heterocycles. The van der Waals surface area contributed by atoms with Crippen molar-refractivity contribution < 1.29 is 29.0 Å². The fourth-order valence-corrected chi connectivity index (χ4v) is 3.84. The molecule has 37 heavy (non-hydrogen) atoms. The average molecular weight is 532 g/mol. The first kappa shape index (κ1) is 29.8. The minimum absolute atomic E-state index is 0.00654. The van der Waals surface area contributed by atoms with Crippen LogP contribution in [0, 0.1) is 0 Å². The van der Waals surface area contributed by atoms with Gasteiger partial charge in [0.1, 0.15) is 29.2 Å². The number of carbonyl (C=O) groups excluding carboxylic acids is 3. The molecule has 0 heterocycles. The third-order valence-electron chi connectivity index (χ3n) is 5.58. The molecule has 0 aliphatic carbocycles. The molecule has 3 N–H and O–H groups in total. The van der Waals surface area contributed by atoms with Crippen LogP contribution in [0.4, 0.5) is 10.5 Å². The SMILES string of the molecule is CCC(C)N(C(=O)C(CS)NC(=O)OC(C)(C)C)C(C(=O)Nc1ccc(OC)cc1)c1ccc(O)cc1. The van der Waals surface area contributed by atoms with Crippen molar-refractivity contribution in [2.24, 2.45) is 0 Å². The van der Waals surface area contributed by atoms with Crippen LogP contribution in [0.25, 0.3) is 0 Å². The maximum Gasteiger partial charge on any atom is 0.408 e. The van der Waals surface area contributed by atoms with E-state index in [2.05, 4.69) is 23.3 Å². The molecular weight excluding hydrogens is 494 g/mol. The summed E-state index contributed by atoms with van der Waals surface area (Å²) in [7, 11) is 1.55. The summed E-state index contributed by atoms with van der Waals surface area (Å²) in [6.07, 6.45) is -0.213. The van der Waals surface area contributed by atoms with Gasteiger partial charge in [-0.1, -0.05) is 19.1 Å². The van der Waals surface area contributed by atoms with E-state index in [4.69, 9.17) is 9.47 Å². The molecule has 9 nitrogen and oxygen atoms in total. The van der Waals surface area contributed by atoms with Crippen LogP contribution in [0.3, 0.4) is 0 Å². The first-order valence-electron chi connectivity index (χ1n) is 12.1. The number of thiol groups is 1. The molecule has 0 spiro atoms. The van der Waals surface area contributed by atoms with Crippen molar-refractivity contribution in [2.75, 3.05) is 18.2 Å². The summed E-state index contributed by atoms with van der Waals surface area (Å²) in [6.45, 7) is 8.89. The first-order valence-corrected chi connectivity index (χ1v) is 12.7. The Morgan fingerprint density at radius 1 is 1.05 bits per heavy atom. The number of aromatic hydroxyl groups is 1. The number of nitrogens with zero attached hydrogens (tertiary/aromatic N) is 1. The van der Waals surface area contributed by atoms with E-state index in [-0.39, 0.29) is 17.5 Å². The van der Waals surface area contributed by atoms with Crippen molar-refractivity contribution in [1.29, 1.82) is 0 Å². The highest BCUT2D eigenvalue weighted by Crippen LogP contribution is 2.29. The van der Waals surface area contributed by atoms with E-state index in [1.807, 2.05) is 13.8 Å². The number of ether oxygens (including phenoxy) is 2. The molecule has 0 fully saturated rings. The predicted octanol–water partition coefficient (Wildman–Crippen LogP) is 4.53. The van der Waals surface area contributed by atoms with Gasteiger partial charge in [0.2, 0.25) is 5.91 Å². The lowest BCUT2D eigenvalue weighted by Crippen LogP contribution is -2.55. The zero-order valence-corrected chi connectivity index (χ0v) is 23.0. The van der Waals surface area contributed by atoms with Gasteiger partial charge in [-0.2, -0.15) is 12.6 Å². The number of anilines is 1. The predicted molar refractivity (Wildman–Crippen MR) is 146 cm³/mol. The lowest BCUT2D eigenvalue weighted by Gasteiger charge is -2.38. The number of phenolic OH excluding ortho intramolecular Hbond substituents is 1. The maximum atomic E-state index is 13.9. The van der Waals surface area contributed by atoms with Crippen LogP contribution in [-0.2, 0) is 14.3 Å². The van der Waals surface area contributed by atoms with Crippen LogP contribution in [0.15, 0.2) is 48.5 Å². The van der Waals surface area contributed by atoms with Gasteiger partial charge in [-0.15, -0.1) is 0 Å². The van der Waals surface area contributed by atoms with Crippen molar-refractivity contribution >= 4 is 36.2 Å². The molecule has 0 aromatic heterocycles. The third-order valence-corrected chi connectivity index (χ3v) is 5.95. The van der Waals surface area contributed by atoms with E-state index in [1.54, 1.807) is 64.3 Å². The molecular formula is C27H37N3O6S. The second-order valence-corrected chi connectivity index (χ2v) is 9.96. The summed E-state index contributed by atoms with van der Waals surface area (Å²) in [4.78, 5) is 41.5. The minimum Gasteiger partial charge on any atom is -0.508 e. The number of benzene rings is 2. The highest BCUT2D eigenvalue weighted by atomic mass is 32.1. The van der Waals surface area contributed by atoms with Crippen molar-refractivity contribution in [3.05, 3.63) is 54.1 Å². The summed E-state index contributed by atoms with van der Waals surface area (Å²) in [5.41, 5.74) is 0.258. The highest BCUT2D eigenvalue weighted by Gasteiger charge is 2.38. The highest BCUT2D eigenvalue weighted by molar-refractivity contribution is 7.80. The van der Waals surface area contributed by atoms with Gasteiger partial charge in [0, 0.05) is 17.5 Å². The molecule has 2 rings (SSSR count). The van der Waals surface area contributed by atoms with Crippen molar-refractivity contribution in [3.63, 3.8) is 0 Å². The molecule has 3 amide bonds. The van der Waals surface area contributed by atoms with E-state index >= 15 is 0 Å². The largest absolute Gasteiger partial charge is 0.508 e. The number of nitrogens with one attached hydrogen (secondary N) is 2.